The first kappa shape index (κ1) is 18.5. The van der Waals surface area contributed by atoms with E-state index in [0.29, 0.717) is 16.4 Å². The summed E-state index contributed by atoms with van der Waals surface area (Å²) < 4.78 is 1.04. The third-order valence-electron chi connectivity index (χ3n) is 5.21. The molecule has 3 aromatic rings. The van der Waals surface area contributed by atoms with E-state index in [1.165, 1.54) is 36.2 Å². The highest BCUT2D eigenvalue weighted by molar-refractivity contribution is 7.21. The normalized spacial score (nSPS) is 16.3. The fourth-order valence-corrected chi connectivity index (χ4v) is 5.23. The number of carbonyl (C=O) groups is 1. The Kier molecular flexibility index (Phi) is 5.77. The maximum absolute atomic E-state index is 12.9. The van der Waals surface area contributed by atoms with Gasteiger partial charge in [0.25, 0.3) is 5.91 Å². The van der Waals surface area contributed by atoms with Crippen LogP contribution in [0.2, 0.25) is 5.02 Å². The lowest BCUT2D eigenvalue weighted by atomic mass is 10.0. The second-order valence-corrected chi connectivity index (χ2v) is 8.40. The molecule has 2 aromatic carbocycles. The van der Waals surface area contributed by atoms with Crippen molar-refractivity contribution in [2.24, 2.45) is 0 Å². The maximum Gasteiger partial charge on any atom is 0.262 e. The third-order valence-corrected chi connectivity index (χ3v) is 6.89. The summed E-state index contributed by atoms with van der Waals surface area (Å²) in [4.78, 5) is 15.9. The molecule has 140 valence electrons. The zero-order valence-corrected chi connectivity index (χ0v) is 16.7. The monoisotopic (exact) mass is 398 g/mol. The number of carbonyl (C=O) groups excluding carboxylic acids is 1. The molecule has 1 fully saturated rings. The number of nitrogens with zero attached hydrogens (tertiary/aromatic N) is 1. The minimum atomic E-state index is -0.0841. The van der Waals surface area contributed by atoms with Gasteiger partial charge in [-0.15, -0.1) is 11.3 Å². The Morgan fingerprint density at radius 3 is 2.48 bits per heavy atom. The van der Waals surface area contributed by atoms with Gasteiger partial charge in [0.1, 0.15) is 4.88 Å². The van der Waals surface area contributed by atoms with Crippen LogP contribution < -0.4 is 5.32 Å². The molecule has 1 aliphatic rings. The quantitative estimate of drug-likeness (QED) is 0.614. The Balaban J connectivity index is 1.52. The van der Waals surface area contributed by atoms with Crippen molar-refractivity contribution in [3.05, 3.63) is 70.1 Å². The molecule has 0 unspecified atom stereocenters. The van der Waals surface area contributed by atoms with Crippen LogP contribution in [0.25, 0.3) is 10.1 Å². The van der Waals surface area contributed by atoms with Gasteiger partial charge in [-0.2, -0.15) is 0 Å². The largest absolute Gasteiger partial charge is 0.349 e. The summed E-state index contributed by atoms with van der Waals surface area (Å²) in [6, 6.07) is 18.6. The first-order chi connectivity index (χ1) is 13.2. The number of thiophene rings is 1. The van der Waals surface area contributed by atoms with Crippen LogP contribution in [0, 0.1) is 0 Å². The van der Waals surface area contributed by atoms with E-state index in [9.17, 15) is 4.79 Å². The molecule has 0 saturated carbocycles. The van der Waals surface area contributed by atoms with E-state index in [1.54, 1.807) is 0 Å². The number of amides is 1. The zero-order chi connectivity index (χ0) is 18.6. The minimum Gasteiger partial charge on any atom is -0.349 e. The Labute approximate surface area is 168 Å². The lowest BCUT2D eigenvalue weighted by molar-refractivity contribution is 0.0928. The first-order valence-electron chi connectivity index (χ1n) is 9.48. The van der Waals surface area contributed by atoms with Crippen molar-refractivity contribution in [3.63, 3.8) is 0 Å². The summed E-state index contributed by atoms with van der Waals surface area (Å²) in [6.45, 7) is 2.76. The third kappa shape index (κ3) is 4.03. The van der Waals surface area contributed by atoms with Crippen LogP contribution in [0.3, 0.4) is 0 Å². The number of nitrogens with one attached hydrogen (secondary N) is 1. The smallest absolute Gasteiger partial charge is 0.262 e. The summed E-state index contributed by atoms with van der Waals surface area (Å²) in [5.74, 6) is -0.0841. The highest BCUT2D eigenvalue weighted by Crippen LogP contribution is 2.35. The van der Waals surface area contributed by atoms with Crippen molar-refractivity contribution in [2.45, 2.75) is 25.3 Å². The van der Waals surface area contributed by atoms with E-state index in [1.807, 2.05) is 30.3 Å². The van der Waals surface area contributed by atoms with E-state index in [0.717, 1.165) is 23.2 Å². The molecule has 0 spiro atoms. The minimum absolute atomic E-state index is 0.0841. The molecule has 0 aliphatic carbocycles. The number of piperidine rings is 1. The SMILES string of the molecule is O=C(NC[C@H](c1ccccc1)N1CCCCC1)c1sc2ccccc2c1Cl. The van der Waals surface area contributed by atoms with Crippen LogP contribution in [0.5, 0.6) is 0 Å². The summed E-state index contributed by atoms with van der Waals surface area (Å²) in [7, 11) is 0. The molecule has 0 bridgehead atoms. The molecule has 2 heterocycles. The predicted octanol–water partition coefficient (Wildman–Crippen LogP) is 5.51. The van der Waals surface area contributed by atoms with Gasteiger partial charge in [-0.1, -0.05) is 66.6 Å². The average molecular weight is 399 g/mol. The second kappa shape index (κ2) is 8.42. The number of hydrogen-bond acceptors (Lipinski definition) is 3. The second-order valence-electron chi connectivity index (χ2n) is 6.97. The van der Waals surface area contributed by atoms with Gasteiger partial charge in [0.2, 0.25) is 0 Å². The molecule has 4 rings (SSSR count). The molecule has 5 heteroatoms. The molecule has 1 aromatic heterocycles. The summed E-state index contributed by atoms with van der Waals surface area (Å²) in [5, 5.41) is 4.65. The molecular weight excluding hydrogens is 376 g/mol. The Morgan fingerprint density at radius 2 is 1.74 bits per heavy atom. The van der Waals surface area contributed by atoms with Crippen LogP contribution in [0.15, 0.2) is 54.6 Å². The highest BCUT2D eigenvalue weighted by atomic mass is 35.5. The maximum atomic E-state index is 12.9. The lowest BCUT2D eigenvalue weighted by Crippen LogP contribution is -2.40. The predicted molar refractivity (Wildman–Crippen MR) is 114 cm³/mol. The number of halogens is 1. The number of likely N-dealkylation sites (tertiary alicyclic amines) is 1. The number of rotatable bonds is 5. The van der Waals surface area contributed by atoms with Gasteiger partial charge in [0.05, 0.1) is 11.1 Å². The van der Waals surface area contributed by atoms with Gasteiger partial charge < -0.3 is 5.32 Å². The Hall–Kier alpha value is -1.88. The van der Waals surface area contributed by atoms with Crippen molar-refractivity contribution in [3.8, 4) is 0 Å². The Morgan fingerprint density at radius 1 is 1.04 bits per heavy atom. The fraction of sp³-hybridized carbons (Fsp3) is 0.318. The van der Waals surface area contributed by atoms with Gasteiger partial charge in [0, 0.05) is 16.6 Å². The number of benzene rings is 2. The van der Waals surface area contributed by atoms with Crippen molar-refractivity contribution >= 4 is 38.9 Å². The van der Waals surface area contributed by atoms with E-state index in [-0.39, 0.29) is 11.9 Å². The van der Waals surface area contributed by atoms with Crippen LogP contribution >= 0.6 is 22.9 Å². The van der Waals surface area contributed by atoms with Gasteiger partial charge in [-0.25, -0.2) is 0 Å². The molecule has 1 amide bonds. The fourth-order valence-electron chi connectivity index (χ4n) is 3.79. The average Bonchev–Trinajstić information content (AvgIpc) is 3.07. The van der Waals surface area contributed by atoms with Crippen molar-refractivity contribution in [2.75, 3.05) is 19.6 Å². The number of hydrogen-bond donors (Lipinski definition) is 1. The van der Waals surface area contributed by atoms with Crippen molar-refractivity contribution in [1.82, 2.24) is 10.2 Å². The van der Waals surface area contributed by atoms with Gasteiger partial charge in [-0.3, -0.25) is 9.69 Å². The summed E-state index contributed by atoms with van der Waals surface area (Å²) in [6.07, 6.45) is 3.74. The van der Waals surface area contributed by atoms with E-state index in [2.05, 4.69) is 34.5 Å². The molecule has 1 saturated heterocycles. The van der Waals surface area contributed by atoms with Crippen molar-refractivity contribution < 1.29 is 4.79 Å². The molecule has 27 heavy (non-hydrogen) atoms. The Bertz CT molecular complexity index is 918. The van der Waals surface area contributed by atoms with E-state index >= 15 is 0 Å². The number of fused-ring (bicyclic) bond motifs is 1. The molecule has 1 atom stereocenters. The van der Waals surface area contributed by atoms with Crippen LogP contribution in [-0.2, 0) is 0 Å². The highest BCUT2D eigenvalue weighted by Gasteiger charge is 2.24. The summed E-state index contributed by atoms with van der Waals surface area (Å²) >= 11 is 7.93. The first-order valence-corrected chi connectivity index (χ1v) is 10.7. The van der Waals surface area contributed by atoms with Crippen LogP contribution in [0.1, 0.15) is 40.5 Å². The van der Waals surface area contributed by atoms with Crippen LogP contribution in [0.4, 0.5) is 0 Å². The van der Waals surface area contributed by atoms with Gasteiger partial charge >= 0.3 is 0 Å². The van der Waals surface area contributed by atoms with Crippen molar-refractivity contribution in [1.29, 1.82) is 0 Å². The van der Waals surface area contributed by atoms with Crippen LogP contribution in [-0.4, -0.2) is 30.4 Å². The zero-order valence-electron chi connectivity index (χ0n) is 15.2. The van der Waals surface area contributed by atoms with Gasteiger partial charge in [-0.05, 0) is 37.6 Å². The standard InChI is InChI=1S/C22H23ClN2OS/c23-20-17-11-5-6-12-19(17)27-21(20)22(26)24-15-18(16-9-3-1-4-10-16)25-13-7-2-8-14-25/h1,3-6,9-12,18H,2,7-8,13-15H2,(H,24,26)/t18-/m1/s1. The molecule has 0 radical (unpaired) electrons. The molecule has 3 nitrogen and oxygen atoms in total. The molecule has 1 N–H and O–H groups in total. The lowest BCUT2D eigenvalue weighted by Gasteiger charge is -2.35. The van der Waals surface area contributed by atoms with Gasteiger partial charge in [0.15, 0.2) is 0 Å². The van der Waals surface area contributed by atoms with E-state index < -0.39 is 0 Å². The summed E-state index contributed by atoms with van der Waals surface area (Å²) in [5.41, 5.74) is 1.25. The topological polar surface area (TPSA) is 32.3 Å². The van der Waals surface area contributed by atoms with E-state index in [4.69, 9.17) is 11.6 Å². The molecule has 1 aliphatic heterocycles. The molecular formula is C22H23ClN2OS.